The summed E-state index contributed by atoms with van der Waals surface area (Å²) >= 11 is 1.58. The molecule has 0 fully saturated rings. The minimum Gasteiger partial charge on any atom is -0.497 e. The summed E-state index contributed by atoms with van der Waals surface area (Å²) in [5, 5.41) is 17.9. The van der Waals surface area contributed by atoms with Gasteiger partial charge in [-0.2, -0.15) is 0 Å². The van der Waals surface area contributed by atoms with Gasteiger partial charge in [-0.05, 0) is 18.4 Å². The van der Waals surface area contributed by atoms with Crippen molar-refractivity contribution in [2.24, 2.45) is 0 Å². The third-order valence-electron chi connectivity index (χ3n) is 1.72. The minimum atomic E-state index is -1.48. The fourth-order valence-corrected chi connectivity index (χ4v) is 1.46. The largest absolute Gasteiger partial charge is 0.497 e. The van der Waals surface area contributed by atoms with Gasteiger partial charge >= 0.3 is 7.12 Å². The number of methoxy groups -OCH3 is 1. The van der Waals surface area contributed by atoms with Gasteiger partial charge in [0.1, 0.15) is 5.75 Å². The highest BCUT2D eigenvalue weighted by Gasteiger charge is 2.16. The van der Waals surface area contributed by atoms with Crippen LogP contribution in [0.15, 0.2) is 23.1 Å². The summed E-state index contributed by atoms with van der Waals surface area (Å²) in [6.45, 7) is 0. The molecule has 0 radical (unpaired) electrons. The second-order valence-corrected chi connectivity index (χ2v) is 3.36. The van der Waals surface area contributed by atoms with Crippen LogP contribution < -0.4 is 10.2 Å². The molecule has 70 valence electrons. The van der Waals surface area contributed by atoms with E-state index in [1.54, 1.807) is 23.9 Å². The Kier molecular flexibility index (Phi) is 3.65. The Morgan fingerprint density at radius 1 is 1.38 bits per heavy atom. The zero-order chi connectivity index (χ0) is 9.84. The molecule has 1 aromatic rings. The van der Waals surface area contributed by atoms with Crippen molar-refractivity contribution in [3.8, 4) is 5.75 Å². The van der Waals surface area contributed by atoms with Gasteiger partial charge in [0.15, 0.2) is 0 Å². The SMILES string of the molecule is COc1cc(SC)ccc1B(O)O. The highest BCUT2D eigenvalue weighted by molar-refractivity contribution is 7.98. The summed E-state index contributed by atoms with van der Waals surface area (Å²) < 4.78 is 5.02. The molecular weight excluding hydrogens is 187 g/mol. The van der Waals surface area contributed by atoms with E-state index in [0.29, 0.717) is 11.2 Å². The van der Waals surface area contributed by atoms with E-state index in [1.807, 2.05) is 12.3 Å². The van der Waals surface area contributed by atoms with Crippen molar-refractivity contribution < 1.29 is 14.8 Å². The zero-order valence-electron chi connectivity index (χ0n) is 7.52. The predicted octanol–water partition coefficient (Wildman–Crippen LogP) is 0.0969. The number of benzene rings is 1. The third-order valence-corrected chi connectivity index (χ3v) is 2.44. The molecule has 1 rings (SSSR count). The van der Waals surface area contributed by atoms with Crippen molar-refractivity contribution in [3.63, 3.8) is 0 Å². The third kappa shape index (κ3) is 2.40. The Balaban J connectivity index is 3.08. The average Bonchev–Trinajstić information content (AvgIpc) is 2.16. The fraction of sp³-hybridized carbons (Fsp3) is 0.250. The molecule has 0 bridgehead atoms. The van der Waals surface area contributed by atoms with Gasteiger partial charge in [-0.15, -0.1) is 11.8 Å². The number of hydrogen-bond acceptors (Lipinski definition) is 4. The van der Waals surface area contributed by atoms with Gasteiger partial charge in [0.2, 0.25) is 0 Å². The predicted molar refractivity (Wildman–Crippen MR) is 54.6 cm³/mol. The minimum absolute atomic E-state index is 0.389. The van der Waals surface area contributed by atoms with Crippen LogP contribution in [0.25, 0.3) is 0 Å². The van der Waals surface area contributed by atoms with Crippen LogP contribution in [-0.4, -0.2) is 30.5 Å². The first kappa shape index (κ1) is 10.4. The van der Waals surface area contributed by atoms with Gasteiger partial charge in [-0.1, -0.05) is 6.07 Å². The molecule has 3 nitrogen and oxygen atoms in total. The first-order valence-corrected chi connectivity index (χ1v) is 4.99. The first-order chi connectivity index (χ1) is 6.19. The highest BCUT2D eigenvalue weighted by Crippen LogP contribution is 2.19. The number of rotatable bonds is 3. The summed E-state index contributed by atoms with van der Waals surface area (Å²) in [5.41, 5.74) is 0.389. The highest BCUT2D eigenvalue weighted by atomic mass is 32.2. The van der Waals surface area contributed by atoms with E-state index in [-0.39, 0.29) is 0 Å². The van der Waals surface area contributed by atoms with Gasteiger partial charge in [-0.25, -0.2) is 0 Å². The average molecular weight is 198 g/mol. The molecule has 0 aromatic heterocycles. The lowest BCUT2D eigenvalue weighted by Crippen LogP contribution is -2.31. The quantitative estimate of drug-likeness (QED) is 0.534. The first-order valence-electron chi connectivity index (χ1n) is 3.77. The van der Waals surface area contributed by atoms with Gasteiger partial charge in [0.05, 0.1) is 7.11 Å². The van der Waals surface area contributed by atoms with Gasteiger partial charge < -0.3 is 14.8 Å². The van der Waals surface area contributed by atoms with E-state index in [9.17, 15) is 0 Å². The molecule has 5 heteroatoms. The fourth-order valence-electron chi connectivity index (χ4n) is 1.03. The van der Waals surface area contributed by atoms with Crippen LogP contribution in [-0.2, 0) is 0 Å². The van der Waals surface area contributed by atoms with E-state index in [4.69, 9.17) is 14.8 Å². The van der Waals surface area contributed by atoms with E-state index >= 15 is 0 Å². The summed E-state index contributed by atoms with van der Waals surface area (Å²) in [6.07, 6.45) is 1.95. The summed E-state index contributed by atoms with van der Waals surface area (Å²) in [6, 6.07) is 5.25. The Bertz CT molecular complexity index is 291. The molecule has 0 saturated carbocycles. The number of ether oxygens (including phenoxy) is 1. The molecule has 0 unspecified atom stereocenters. The molecule has 0 spiro atoms. The molecule has 2 N–H and O–H groups in total. The van der Waals surface area contributed by atoms with Crippen molar-refractivity contribution in [2.75, 3.05) is 13.4 Å². The lowest BCUT2D eigenvalue weighted by atomic mass is 9.79. The Morgan fingerprint density at radius 3 is 2.54 bits per heavy atom. The molecule has 0 amide bonds. The van der Waals surface area contributed by atoms with Crippen LogP contribution in [0.1, 0.15) is 0 Å². The van der Waals surface area contributed by atoms with E-state index in [1.165, 1.54) is 7.11 Å². The van der Waals surface area contributed by atoms with Crippen molar-refractivity contribution >= 4 is 24.3 Å². The number of hydrogen-bond donors (Lipinski definition) is 2. The summed E-state index contributed by atoms with van der Waals surface area (Å²) in [5.74, 6) is 0.502. The number of thioether (sulfide) groups is 1. The second kappa shape index (κ2) is 4.55. The monoisotopic (exact) mass is 198 g/mol. The zero-order valence-corrected chi connectivity index (χ0v) is 8.34. The topological polar surface area (TPSA) is 49.7 Å². The molecule has 0 aliphatic heterocycles. The van der Waals surface area contributed by atoms with E-state index in [2.05, 4.69) is 0 Å². The second-order valence-electron chi connectivity index (χ2n) is 2.48. The van der Waals surface area contributed by atoms with Crippen LogP contribution in [0.2, 0.25) is 0 Å². The molecule has 0 saturated heterocycles. The van der Waals surface area contributed by atoms with Gasteiger partial charge in [-0.3, -0.25) is 0 Å². The van der Waals surface area contributed by atoms with Crippen LogP contribution in [0, 0.1) is 0 Å². The maximum atomic E-state index is 8.97. The summed E-state index contributed by atoms with van der Waals surface area (Å²) in [7, 11) is 0.0246. The Labute approximate surface area is 81.9 Å². The maximum absolute atomic E-state index is 8.97. The Morgan fingerprint density at radius 2 is 2.08 bits per heavy atom. The van der Waals surface area contributed by atoms with Crippen LogP contribution in [0.4, 0.5) is 0 Å². The molecule has 0 aliphatic rings. The molecule has 0 aliphatic carbocycles. The Hall–Kier alpha value is -0.645. The van der Waals surface area contributed by atoms with Crippen LogP contribution >= 0.6 is 11.8 Å². The molecular formula is C8H11BO3S. The smallest absolute Gasteiger partial charge is 0.492 e. The van der Waals surface area contributed by atoms with Crippen molar-refractivity contribution in [1.82, 2.24) is 0 Å². The van der Waals surface area contributed by atoms with E-state index < -0.39 is 7.12 Å². The lowest BCUT2D eigenvalue weighted by Gasteiger charge is -2.08. The lowest BCUT2D eigenvalue weighted by molar-refractivity contribution is 0.402. The molecule has 0 atom stereocenters. The van der Waals surface area contributed by atoms with Crippen molar-refractivity contribution in [2.45, 2.75) is 4.90 Å². The maximum Gasteiger partial charge on any atom is 0.492 e. The van der Waals surface area contributed by atoms with Gasteiger partial charge in [0.25, 0.3) is 0 Å². The van der Waals surface area contributed by atoms with E-state index in [0.717, 1.165) is 4.90 Å². The van der Waals surface area contributed by atoms with Crippen molar-refractivity contribution in [3.05, 3.63) is 18.2 Å². The summed E-state index contributed by atoms with van der Waals surface area (Å²) in [4.78, 5) is 1.03. The normalized spacial score (nSPS) is 9.85. The van der Waals surface area contributed by atoms with Crippen LogP contribution in [0.3, 0.4) is 0 Å². The standard InChI is InChI=1S/C8H11BO3S/c1-12-8-5-6(13-2)3-4-7(8)9(10)11/h3-5,10-11H,1-2H3. The molecule has 13 heavy (non-hydrogen) atoms. The molecule has 1 aromatic carbocycles. The molecule has 0 heterocycles. The van der Waals surface area contributed by atoms with Crippen molar-refractivity contribution in [1.29, 1.82) is 0 Å². The van der Waals surface area contributed by atoms with Crippen LogP contribution in [0.5, 0.6) is 5.75 Å². The van der Waals surface area contributed by atoms with Gasteiger partial charge in [0, 0.05) is 10.4 Å².